The zero-order valence-corrected chi connectivity index (χ0v) is 6.69. The number of carbonyl (C=O) groups is 2. The molecule has 0 saturated heterocycles. The smallest absolute Gasteiger partial charge is 0.313 e. The lowest BCUT2D eigenvalue weighted by Gasteiger charge is -1.97. The maximum atomic E-state index is 10.7. The van der Waals surface area contributed by atoms with Crippen molar-refractivity contribution in [3.8, 4) is 0 Å². The molecule has 0 bridgehead atoms. The molecular formula is C6H9N3O3. The van der Waals surface area contributed by atoms with Crippen molar-refractivity contribution in [3.05, 3.63) is 10.4 Å². The summed E-state index contributed by atoms with van der Waals surface area (Å²) in [7, 11) is 0. The highest BCUT2D eigenvalue weighted by molar-refractivity contribution is 5.96. The van der Waals surface area contributed by atoms with Gasteiger partial charge in [-0.05, 0) is 12.5 Å². The van der Waals surface area contributed by atoms with Crippen molar-refractivity contribution in [2.24, 2.45) is 5.11 Å². The molecule has 0 aliphatic carbocycles. The first-order valence-electron chi connectivity index (χ1n) is 3.39. The molecule has 0 atom stereocenters. The van der Waals surface area contributed by atoms with E-state index in [-0.39, 0.29) is 19.6 Å². The first-order valence-corrected chi connectivity index (χ1v) is 3.39. The third-order valence-corrected chi connectivity index (χ3v) is 0.957. The minimum absolute atomic E-state index is 0.244. The highest BCUT2D eigenvalue weighted by Gasteiger charge is 2.08. The molecule has 6 nitrogen and oxygen atoms in total. The molecular weight excluding hydrogens is 162 g/mol. The van der Waals surface area contributed by atoms with Crippen LogP contribution >= 0.6 is 0 Å². The molecule has 0 unspecified atom stereocenters. The second kappa shape index (κ2) is 6.18. The molecule has 0 aliphatic rings. The number of hydrogen-bond acceptors (Lipinski definition) is 4. The molecule has 0 saturated carbocycles. The molecule has 0 amide bonds. The van der Waals surface area contributed by atoms with Crippen molar-refractivity contribution in [1.29, 1.82) is 0 Å². The van der Waals surface area contributed by atoms with Gasteiger partial charge in [0.1, 0.15) is 12.2 Å². The van der Waals surface area contributed by atoms with E-state index < -0.39 is 11.8 Å². The van der Waals surface area contributed by atoms with Crippen molar-refractivity contribution < 1.29 is 14.3 Å². The molecule has 66 valence electrons. The van der Waals surface area contributed by atoms with Gasteiger partial charge in [-0.1, -0.05) is 5.11 Å². The maximum absolute atomic E-state index is 10.7. The van der Waals surface area contributed by atoms with Gasteiger partial charge < -0.3 is 4.74 Å². The van der Waals surface area contributed by atoms with Crippen molar-refractivity contribution in [2.75, 3.05) is 13.2 Å². The van der Waals surface area contributed by atoms with Crippen LogP contribution in [0.1, 0.15) is 13.3 Å². The number of nitrogens with zero attached hydrogens (tertiary/aromatic N) is 3. The molecule has 0 fully saturated rings. The lowest BCUT2D eigenvalue weighted by atomic mass is 10.3. The van der Waals surface area contributed by atoms with Crippen LogP contribution in [0.5, 0.6) is 0 Å². The van der Waals surface area contributed by atoms with Gasteiger partial charge in [0.2, 0.25) is 0 Å². The topological polar surface area (TPSA) is 92.1 Å². The fraction of sp³-hybridized carbons (Fsp3) is 0.667. The van der Waals surface area contributed by atoms with Crippen molar-refractivity contribution in [1.82, 2.24) is 0 Å². The Morgan fingerprint density at radius 3 is 2.75 bits per heavy atom. The summed E-state index contributed by atoms with van der Waals surface area (Å²) in [5, 5.41) is 3.01. The minimum Gasteiger partial charge on any atom is -0.466 e. The average molecular weight is 171 g/mol. The lowest BCUT2D eigenvalue weighted by Crippen LogP contribution is -2.12. The van der Waals surface area contributed by atoms with Crippen LogP contribution in [-0.2, 0) is 14.3 Å². The summed E-state index contributed by atoms with van der Waals surface area (Å²) in [5.41, 5.74) is 7.84. The number of ketones is 1. The van der Waals surface area contributed by atoms with Crippen LogP contribution in [0, 0.1) is 0 Å². The third-order valence-electron chi connectivity index (χ3n) is 0.957. The van der Waals surface area contributed by atoms with E-state index in [2.05, 4.69) is 14.8 Å². The van der Waals surface area contributed by atoms with Crippen molar-refractivity contribution in [2.45, 2.75) is 13.3 Å². The summed E-state index contributed by atoms with van der Waals surface area (Å²) in [6, 6.07) is 0. The highest BCUT2D eigenvalue weighted by atomic mass is 16.5. The molecule has 0 spiro atoms. The molecule has 0 aromatic rings. The molecule has 0 heterocycles. The minimum atomic E-state index is -0.587. The molecule has 0 N–H and O–H groups in total. The van der Waals surface area contributed by atoms with Gasteiger partial charge in [0, 0.05) is 4.91 Å². The summed E-state index contributed by atoms with van der Waals surface area (Å²) in [4.78, 5) is 23.7. The van der Waals surface area contributed by atoms with Crippen LogP contribution in [0.15, 0.2) is 5.11 Å². The van der Waals surface area contributed by atoms with Crippen LogP contribution in [0.3, 0.4) is 0 Å². The summed E-state index contributed by atoms with van der Waals surface area (Å²) in [6.45, 7) is 1.60. The highest BCUT2D eigenvalue weighted by Crippen LogP contribution is 1.89. The predicted molar refractivity (Wildman–Crippen MR) is 40.3 cm³/mol. The average Bonchev–Trinajstić information content (AvgIpc) is 2.01. The second-order valence-corrected chi connectivity index (χ2v) is 1.91. The van der Waals surface area contributed by atoms with Gasteiger partial charge in [-0.15, -0.1) is 0 Å². The van der Waals surface area contributed by atoms with Gasteiger partial charge >= 0.3 is 5.97 Å². The first-order chi connectivity index (χ1) is 5.70. The van der Waals surface area contributed by atoms with Crippen molar-refractivity contribution >= 4 is 11.8 Å². The first kappa shape index (κ1) is 10.4. The molecule has 0 radical (unpaired) electrons. The summed E-state index contributed by atoms with van der Waals surface area (Å²) in [6.07, 6.45) is -0.327. The quantitative estimate of drug-likeness (QED) is 0.201. The van der Waals surface area contributed by atoms with Crippen LogP contribution in [0.25, 0.3) is 10.4 Å². The molecule has 0 rings (SSSR count). The number of hydrogen-bond donors (Lipinski definition) is 0. The molecule has 0 aliphatic heterocycles. The number of ether oxygens (including phenoxy) is 1. The zero-order chi connectivity index (χ0) is 9.40. The van der Waals surface area contributed by atoms with Crippen LogP contribution in [-0.4, -0.2) is 24.9 Å². The summed E-state index contributed by atoms with van der Waals surface area (Å²) in [5.74, 6) is -1.03. The van der Waals surface area contributed by atoms with E-state index in [1.807, 2.05) is 0 Å². The molecule has 6 heteroatoms. The normalized spacial score (nSPS) is 8.42. The van der Waals surface area contributed by atoms with Gasteiger partial charge in [-0.25, -0.2) is 0 Å². The van der Waals surface area contributed by atoms with E-state index in [9.17, 15) is 9.59 Å². The number of azide groups is 1. The predicted octanol–water partition coefficient (Wildman–Crippen LogP) is 0.819. The second-order valence-electron chi connectivity index (χ2n) is 1.91. The number of rotatable bonds is 5. The number of Topliss-reactive ketones (excluding diaryl/α,β-unsaturated/α-hetero) is 1. The Hall–Kier alpha value is -1.55. The fourth-order valence-electron chi connectivity index (χ4n) is 0.539. The van der Waals surface area contributed by atoms with Gasteiger partial charge in [0.25, 0.3) is 0 Å². The van der Waals surface area contributed by atoms with Crippen LogP contribution < -0.4 is 0 Å². The monoisotopic (exact) mass is 171 g/mol. The van der Waals surface area contributed by atoms with E-state index in [4.69, 9.17) is 5.53 Å². The Labute approximate surface area is 69.1 Å². The molecule has 0 aromatic heterocycles. The van der Waals surface area contributed by atoms with E-state index in [1.165, 1.54) is 0 Å². The Morgan fingerprint density at radius 2 is 2.25 bits per heavy atom. The largest absolute Gasteiger partial charge is 0.466 e. The third kappa shape index (κ3) is 5.25. The number of esters is 1. The fourth-order valence-corrected chi connectivity index (χ4v) is 0.539. The van der Waals surface area contributed by atoms with Gasteiger partial charge in [-0.3, -0.25) is 9.59 Å². The van der Waals surface area contributed by atoms with Crippen LogP contribution in [0.2, 0.25) is 0 Å². The summed E-state index contributed by atoms with van der Waals surface area (Å²) < 4.78 is 4.50. The maximum Gasteiger partial charge on any atom is 0.313 e. The SMILES string of the molecule is CCOC(=O)CC(=O)CN=[N+]=[N-]. The summed E-state index contributed by atoms with van der Waals surface area (Å²) >= 11 is 0. The van der Waals surface area contributed by atoms with Crippen LogP contribution in [0.4, 0.5) is 0 Å². The number of carbonyl (C=O) groups excluding carboxylic acids is 2. The van der Waals surface area contributed by atoms with Gasteiger partial charge in [0.15, 0.2) is 0 Å². The van der Waals surface area contributed by atoms with Gasteiger partial charge in [-0.2, -0.15) is 0 Å². The van der Waals surface area contributed by atoms with Gasteiger partial charge in [0.05, 0.1) is 13.2 Å². The van der Waals surface area contributed by atoms with E-state index >= 15 is 0 Å². The van der Waals surface area contributed by atoms with Crippen molar-refractivity contribution in [3.63, 3.8) is 0 Å². The van der Waals surface area contributed by atoms with E-state index in [1.54, 1.807) is 6.92 Å². The Kier molecular flexibility index (Phi) is 5.38. The Balaban J connectivity index is 3.68. The molecule has 0 aromatic carbocycles. The van der Waals surface area contributed by atoms with E-state index in [0.29, 0.717) is 0 Å². The molecule has 12 heavy (non-hydrogen) atoms. The van der Waals surface area contributed by atoms with E-state index in [0.717, 1.165) is 0 Å². The lowest BCUT2D eigenvalue weighted by molar-refractivity contribution is -0.145. The Bertz CT molecular complexity index is 220. The zero-order valence-electron chi connectivity index (χ0n) is 6.69. The Morgan fingerprint density at radius 1 is 1.58 bits per heavy atom. The standard InChI is InChI=1S/C6H9N3O3/c1-2-12-6(11)3-5(10)4-8-9-7/h2-4H2,1H3.